The van der Waals surface area contributed by atoms with E-state index in [0.29, 0.717) is 44.6 Å². The van der Waals surface area contributed by atoms with E-state index in [-0.39, 0.29) is 17.5 Å². The zero-order valence-electron chi connectivity index (χ0n) is 24.5. The molecule has 8 nitrogen and oxygen atoms in total. The second kappa shape index (κ2) is 14.7. The molecule has 0 saturated heterocycles. The number of alkyl carbamates (subject to hydrolysis) is 1. The Bertz CT molecular complexity index is 1120. The molecular formula is C30H46N2O6S. The molecule has 0 bridgehead atoms. The van der Waals surface area contributed by atoms with Crippen LogP contribution in [-0.4, -0.2) is 62.9 Å². The van der Waals surface area contributed by atoms with Crippen LogP contribution in [0, 0.1) is 0 Å². The van der Waals surface area contributed by atoms with Crippen molar-refractivity contribution < 1.29 is 27.4 Å². The topological polar surface area (TPSA) is 94.2 Å². The van der Waals surface area contributed by atoms with Crippen LogP contribution in [0.3, 0.4) is 0 Å². The summed E-state index contributed by atoms with van der Waals surface area (Å²) in [5.41, 5.74) is -0.305. The van der Waals surface area contributed by atoms with E-state index in [1.807, 2.05) is 71.9 Å². The number of ether oxygens (including phenoxy) is 3. The Balaban J connectivity index is 2.40. The lowest BCUT2D eigenvalue weighted by atomic mass is 9.94. The number of sulfonamides is 1. The summed E-state index contributed by atoms with van der Waals surface area (Å²) in [4.78, 5) is 12.9. The van der Waals surface area contributed by atoms with Crippen molar-refractivity contribution in [3.63, 3.8) is 0 Å². The molecule has 1 N–H and O–H groups in total. The maximum Gasteiger partial charge on any atom is 0.407 e. The highest BCUT2D eigenvalue weighted by atomic mass is 32.2. The summed E-state index contributed by atoms with van der Waals surface area (Å²) in [6.07, 6.45) is 1.54. The summed E-state index contributed by atoms with van der Waals surface area (Å²) in [5.74, 6) is 0.583. The van der Waals surface area contributed by atoms with Gasteiger partial charge < -0.3 is 19.5 Å². The molecule has 0 aliphatic carbocycles. The third-order valence-corrected chi connectivity index (χ3v) is 8.80. The minimum absolute atomic E-state index is 0.194. The van der Waals surface area contributed by atoms with E-state index in [0.717, 1.165) is 5.56 Å². The van der Waals surface area contributed by atoms with Gasteiger partial charge >= 0.3 is 6.09 Å². The molecule has 0 aliphatic heterocycles. The van der Waals surface area contributed by atoms with Crippen molar-refractivity contribution in [1.82, 2.24) is 9.62 Å². The maximum atomic E-state index is 14.1. The molecule has 1 amide bonds. The van der Waals surface area contributed by atoms with Crippen LogP contribution in [0.2, 0.25) is 0 Å². The fourth-order valence-electron chi connectivity index (χ4n) is 4.34. The lowest BCUT2D eigenvalue weighted by molar-refractivity contribution is 0.0496. The molecule has 0 fully saturated rings. The highest BCUT2D eigenvalue weighted by Gasteiger charge is 2.39. The number of amides is 1. The van der Waals surface area contributed by atoms with Gasteiger partial charge in [0.2, 0.25) is 10.0 Å². The number of hydrogen-bond donors (Lipinski definition) is 1. The standard InChI is InChI=1S/C30H46N2O6S/c1-8-30(6,20-22-37-9-2)32(39(34,35)27-17-15-26(36-7)16-18-27)21-19-25(23-24-13-11-10-12-14-24)31-28(33)38-29(3,4)5/h10-18,25H,8-9,19-23H2,1-7H3,(H,31,33)/t25-,30?/m1/s1. The highest BCUT2D eigenvalue weighted by molar-refractivity contribution is 7.89. The molecular weight excluding hydrogens is 516 g/mol. The zero-order chi connectivity index (χ0) is 29.1. The summed E-state index contributed by atoms with van der Waals surface area (Å²) in [7, 11) is -2.34. The van der Waals surface area contributed by atoms with Gasteiger partial charge in [0.25, 0.3) is 0 Å². The maximum absolute atomic E-state index is 14.1. The van der Waals surface area contributed by atoms with Crippen molar-refractivity contribution in [3.05, 3.63) is 60.2 Å². The molecule has 0 radical (unpaired) electrons. The third-order valence-electron chi connectivity index (χ3n) is 6.73. The number of carbonyl (C=O) groups is 1. The van der Waals surface area contributed by atoms with Crippen molar-refractivity contribution in [1.29, 1.82) is 0 Å². The van der Waals surface area contributed by atoms with Crippen LogP contribution in [0.25, 0.3) is 0 Å². The molecule has 39 heavy (non-hydrogen) atoms. The Kier molecular flexibility index (Phi) is 12.3. The largest absolute Gasteiger partial charge is 0.497 e. The fraction of sp³-hybridized carbons (Fsp3) is 0.567. The van der Waals surface area contributed by atoms with Gasteiger partial charge in [-0.15, -0.1) is 0 Å². The second-order valence-electron chi connectivity index (χ2n) is 10.9. The molecule has 2 aromatic carbocycles. The fourth-order valence-corrected chi connectivity index (χ4v) is 6.22. The van der Waals surface area contributed by atoms with E-state index in [4.69, 9.17) is 14.2 Å². The molecule has 218 valence electrons. The number of hydrogen-bond acceptors (Lipinski definition) is 6. The second-order valence-corrected chi connectivity index (χ2v) is 12.7. The van der Waals surface area contributed by atoms with Gasteiger partial charge in [-0.1, -0.05) is 37.3 Å². The first-order valence-electron chi connectivity index (χ1n) is 13.6. The number of rotatable bonds is 15. The molecule has 0 heterocycles. The summed E-state index contributed by atoms with van der Waals surface area (Å²) < 4.78 is 46.1. The highest BCUT2D eigenvalue weighted by Crippen LogP contribution is 2.32. The van der Waals surface area contributed by atoms with Gasteiger partial charge in [-0.25, -0.2) is 13.2 Å². The number of benzene rings is 2. The number of methoxy groups -OCH3 is 1. The molecule has 2 rings (SSSR count). The van der Waals surface area contributed by atoms with Crippen LogP contribution in [0.1, 0.15) is 66.4 Å². The Hall–Kier alpha value is -2.62. The summed E-state index contributed by atoms with van der Waals surface area (Å²) in [6.45, 7) is 12.5. The van der Waals surface area contributed by atoms with Crippen LogP contribution >= 0.6 is 0 Å². The van der Waals surface area contributed by atoms with E-state index in [1.54, 1.807) is 35.7 Å². The first-order valence-corrected chi connectivity index (χ1v) is 15.1. The average molecular weight is 563 g/mol. The number of nitrogens with one attached hydrogen (secondary N) is 1. The van der Waals surface area contributed by atoms with Crippen LogP contribution in [0.15, 0.2) is 59.5 Å². The zero-order valence-corrected chi connectivity index (χ0v) is 25.3. The van der Waals surface area contributed by atoms with Crippen molar-refractivity contribution in [2.75, 3.05) is 26.9 Å². The molecule has 0 spiro atoms. The SMILES string of the molecule is CCOCCC(C)(CC)N(CC[C@H](Cc1ccccc1)NC(=O)OC(C)(C)C)S(=O)(=O)c1ccc(OC)cc1. The van der Waals surface area contributed by atoms with Crippen LogP contribution < -0.4 is 10.1 Å². The third kappa shape index (κ3) is 10.1. The van der Waals surface area contributed by atoms with Gasteiger partial charge in [-0.3, -0.25) is 0 Å². The van der Waals surface area contributed by atoms with Gasteiger partial charge in [-0.05, 0) is 90.1 Å². The quantitative estimate of drug-likeness (QED) is 0.276. The molecule has 9 heteroatoms. The Labute approximate surface area is 235 Å². The van der Waals surface area contributed by atoms with Crippen molar-refractivity contribution in [3.8, 4) is 5.75 Å². The van der Waals surface area contributed by atoms with E-state index in [2.05, 4.69) is 5.32 Å². The Morgan fingerprint density at radius 2 is 1.64 bits per heavy atom. The first kappa shape index (κ1) is 32.6. The van der Waals surface area contributed by atoms with Crippen LogP contribution in [0.5, 0.6) is 5.75 Å². The minimum Gasteiger partial charge on any atom is -0.497 e. The van der Waals surface area contributed by atoms with Crippen molar-refractivity contribution in [2.45, 2.75) is 89.3 Å². The van der Waals surface area contributed by atoms with Crippen LogP contribution in [0.4, 0.5) is 4.79 Å². The summed E-state index contributed by atoms with van der Waals surface area (Å²) in [5, 5.41) is 2.98. The predicted octanol–water partition coefficient (Wildman–Crippen LogP) is 5.81. The monoisotopic (exact) mass is 562 g/mol. The normalized spacial score (nSPS) is 14.5. The van der Waals surface area contributed by atoms with Crippen molar-refractivity contribution in [2.24, 2.45) is 0 Å². The van der Waals surface area contributed by atoms with Crippen LogP contribution in [-0.2, 0) is 25.9 Å². The summed E-state index contributed by atoms with van der Waals surface area (Å²) in [6, 6.07) is 15.9. The summed E-state index contributed by atoms with van der Waals surface area (Å²) >= 11 is 0. The lowest BCUT2D eigenvalue weighted by Crippen LogP contribution is -2.52. The van der Waals surface area contributed by atoms with Gasteiger partial charge in [0.05, 0.1) is 12.0 Å². The smallest absolute Gasteiger partial charge is 0.407 e. The average Bonchev–Trinajstić information content (AvgIpc) is 2.88. The molecule has 0 aliphatic rings. The minimum atomic E-state index is -3.88. The Morgan fingerprint density at radius 1 is 1.00 bits per heavy atom. The molecule has 1 unspecified atom stereocenters. The van der Waals surface area contributed by atoms with Crippen molar-refractivity contribution >= 4 is 16.1 Å². The van der Waals surface area contributed by atoms with E-state index in [9.17, 15) is 13.2 Å². The van der Waals surface area contributed by atoms with E-state index < -0.39 is 27.3 Å². The van der Waals surface area contributed by atoms with E-state index in [1.165, 1.54) is 0 Å². The first-order chi connectivity index (χ1) is 18.3. The molecule has 2 aromatic rings. The van der Waals surface area contributed by atoms with Gasteiger partial charge in [0.15, 0.2) is 0 Å². The molecule has 0 saturated carbocycles. The van der Waals surface area contributed by atoms with Gasteiger partial charge in [-0.2, -0.15) is 4.31 Å². The van der Waals surface area contributed by atoms with Gasteiger partial charge in [0, 0.05) is 31.3 Å². The lowest BCUT2D eigenvalue weighted by Gasteiger charge is -2.40. The van der Waals surface area contributed by atoms with E-state index >= 15 is 0 Å². The number of nitrogens with zero attached hydrogens (tertiary/aromatic N) is 1. The number of carbonyl (C=O) groups excluding carboxylic acids is 1. The molecule has 2 atom stereocenters. The predicted molar refractivity (Wildman–Crippen MR) is 155 cm³/mol. The van der Waals surface area contributed by atoms with Gasteiger partial charge in [0.1, 0.15) is 11.4 Å². The molecule has 0 aromatic heterocycles. The Morgan fingerprint density at radius 3 is 2.18 bits per heavy atom.